The zero-order valence-electron chi connectivity index (χ0n) is 11.5. The number of benzene rings is 1. The Morgan fingerprint density at radius 2 is 2.11 bits per heavy atom. The molecule has 2 heteroatoms. The summed E-state index contributed by atoms with van der Waals surface area (Å²) in [5.74, 6) is 1.73. The van der Waals surface area contributed by atoms with E-state index in [-0.39, 0.29) is 5.60 Å². The Labute approximate surface area is 109 Å². The highest BCUT2D eigenvalue weighted by Gasteiger charge is 2.39. The minimum Gasteiger partial charge on any atom is -0.507 e. The average molecular weight is 246 g/mol. The van der Waals surface area contributed by atoms with E-state index in [1.54, 1.807) is 7.11 Å². The number of methoxy groups -OCH3 is 1. The minimum atomic E-state index is -0.307. The van der Waals surface area contributed by atoms with Crippen molar-refractivity contribution in [2.24, 2.45) is 5.92 Å². The first-order valence-electron chi connectivity index (χ1n) is 6.97. The van der Waals surface area contributed by atoms with Gasteiger partial charge < -0.3 is 9.84 Å². The fraction of sp³-hybridized carbons (Fsp3) is 0.625. The number of aromatic hydroxyl groups is 1. The molecular weight excluding hydrogens is 224 g/mol. The third-order valence-corrected chi connectivity index (χ3v) is 4.97. The van der Waals surface area contributed by atoms with E-state index >= 15 is 0 Å². The predicted octanol–water partition coefficient (Wildman–Crippen LogP) is 3.71. The first-order chi connectivity index (χ1) is 8.57. The lowest BCUT2D eigenvalue weighted by molar-refractivity contribution is 0.00211. The van der Waals surface area contributed by atoms with Gasteiger partial charge in [-0.05, 0) is 55.6 Å². The molecule has 0 unspecified atom stereocenters. The molecule has 0 aromatic heterocycles. The molecule has 1 aromatic rings. The molecule has 2 nitrogen and oxygen atoms in total. The van der Waals surface area contributed by atoms with E-state index in [4.69, 9.17) is 4.74 Å². The van der Waals surface area contributed by atoms with Crippen LogP contribution in [0, 0.1) is 5.92 Å². The highest BCUT2D eigenvalue weighted by atomic mass is 16.5. The SMILES string of the molecule is CO[C@]1(C)CCc2ccc([C@H](C)C3CC3)c(O)c21. The Bertz CT molecular complexity index is 476. The monoisotopic (exact) mass is 246 g/mol. The lowest BCUT2D eigenvalue weighted by Gasteiger charge is -2.26. The van der Waals surface area contributed by atoms with Gasteiger partial charge in [0.15, 0.2) is 0 Å². The van der Waals surface area contributed by atoms with Gasteiger partial charge in [0.2, 0.25) is 0 Å². The van der Waals surface area contributed by atoms with E-state index in [1.165, 1.54) is 18.4 Å². The minimum absolute atomic E-state index is 0.307. The molecule has 1 aromatic carbocycles. The Morgan fingerprint density at radius 3 is 2.72 bits per heavy atom. The van der Waals surface area contributed by atoms with Crippen LogP contribution >= 0.6 is 0 Å². The van der Waals surface area contributed by atoms with Crippen molar-refractivity contribution in [3.05, 3.63) is 28.8 Å². The Kier molecular flexibility index (Phi) is 2.67. The fourth-order valence-electron chi connectivity index (χ4n) is 3.37. The van der Waals surface area contributed by atoms with Gasteiger partial charge in [0.1, 0.15) is 5.75 Å². The molecule has 2 aliphatic rings. The summed E-state index contributed by atoms with van der Waals surface area (Å²) in [6.07, 6.45) is 4.58. The zero-order valence-corrected chi connectivity index (χ0v) is 11.5. The fourth-order valence-corrected chi connectivity index (χ4v) is 3.37. The van der Waals surface area contributed by atoms with Gasteiger partial charge in [-0.15, -0.1) is 0 Å². The number of hydrogen-bond acceptors (Lipinski definition) is 2. The van der Waals surface area contributed by atoms with Gasteiger partial charge in [0.25, 0.3) is 0 Å². The van der Waals surface area contributed by atoms with Gasteiger partial charge in [-0.1, -0.05) is 19.1 Å². The summed E-state index contributed by atoms with van der Waals surface area (Å²) in [7, 11) is 1.74. The number of rotatable bonds is 3. The molecule has 1 saturated carbocycles. The maximum Gasteiger partial charge on any atom is 0.125 e. The van der Waals surface area contributed by atoms with Crippen LogP contribution in [0.3, 0.4) is 0 Å². The Morgan fingerprint density at radius 1 is 1.39 bits per heavy atom. The summed E-state index contributed by atoms with van der Waals surface area (Å²) in [5.41, 5.74) is 3.10. The molecule has 98 valence electrons. The van der Waals surface area contributed by atoms with Gasteiger partial charge in [-0.25, -0.2) is 0 Å². The van der Waals surface area contributed by atoms with Crippen LogP contribution in [0.25, 0.3) is 0 Å². The van der Waals surface area contributed by atoms with Crippen molar-refractivity contribution in [2.45, 2.75) is 51.0 Å². The Balaban J connectivity index is 2.07. The van der Waals surface area contributed by atoms with E-state index < -0.39 is 0 Å². The average Bonchev–Trinajstić information content (AvgIpc) is 3.15. The van der Waals surface area contributed by atoms with Crippen molar-refractivity contribution in [1.82, 2.24) is 0 Å². The van der Waals surface area contributed by atoms with E-state index in [2.05, 4.69) is 26.0 Å². The maximum atomic E-state index is 10.6. The van der Waals surface area contributed by atoms with E-state index in [0.29, 0.717) is 11.7 Å². The van der Waals surface area contributed by atoms with Crippen LogP contribution in [-0.4, -0.2) is 12.2 Å². The third kappa shape index (κ3) is 1.66. The lowest BCUT2D eigenvalue weighted by Crippen LogP contribution is -2.21. The molecule has 0 heterocycles. The molecule has 1 N–H and O–H groups in total. The Hall–Kier alpha value is -1.02. The predicted molar refractivity (Wildman–Crippen MR) is 71.9 cm³/mol. The smallest absolute Gasteiger partial charge is 0.125 e. The van der Waals surface area contributed by atoms with E-state index in [1.807, 2.05) is 0 Å². The van der Waals surface area contributed by atoms with Gasteiger partial charge in [-0.3, -0.25) is 0 Å². The highest BCUT2D eigenvalue weighted by molar-refractivity contribution is 5.52. The molecule has 0 bridgehead atoms. The van der Waals surface area contributed by atoms with Crippen molar-refractivity contribution in [1.29, 1.82) is 0 Å². The van der Waals surface area contributed by atoms with Crippen molar-refractivity contribution >= 4 is 0 Å². The van der Waals surface area contributed by atoms with Crippen molar-refractivity contribution < 1.29 is 9.84 Å². The van der Waals surface area contributed by atoms with Gasteiger partial charge >= 0.3 is 0 Å². The van der Waals surface area contributed by atoms with E-state index in [9.17, 15) is 5.11 Å². The van der Waals surface area contributed by atoms with Gasteiger partial charge in [-0.2, -0.15) is 0 Å². The summed E-state index contributed by atoms with van der Waals surface area (Å²) in [5, 5.41) is 10.6. The van der Waals surface area contributed by atoms with Crippen LogP contribution in [-0.2, 0) is 16.8 Å². The van der Waals surface area contributed by atoms with Crippen LogP contribution in [0.15, 0.2) is 12.1 Å². The summed E-state index contributed by atoms with van der Waals surface area (Å²) in [6.45, 7) is 4.32. The molecule has 1 fully saturated rings. The topological polar surface area (TPSA) is 29.5 Å². The second kappa shape index (κ2) is 3.99. The zero-order chi connectivity index (χ0) is 12.9. The number of aryl methyl sites for hydroxylation is 1. The third-order valence-electron chi connectivity index (χ3n) is 4.97. The second-order valence-corrected chi connectivity index (χ2v) is 6.10. The summed E-state index contributed by atoms with van der Waals surface area (Å²) >= 11 is 0. The quantitative estimate of drug-likeness (QED) is 0.881. The van der Waals surface area contributed by atoms with Gasteiger partial charge in [0.05, 0.1) is 5.60 Å². The van der Waals surface area contributed by atoms with Crippen LogP contribution in [0.1, 0.15) is 55.7 Å². The number of phenolic OH excluding ortho intramolecular Hbond substituents is 1. The van der Waals surface area contributed by atoms with Crippen LogP contribution in [0.2, 0.25) is 0 Å². The second-order valence-electron chi connectivity index (χ2n) is 6.10. The van der Waals surface area contributed by atoms with Crippen LogP contribution in [0.4, 0.5) is 0 Å². The van der Waals surface area contributed by atoms with E-state index in [0.717, 1.165) is 29.9 Å². The number of phenols is 1. The largest absolute Gasteiger partial charge is 0.507 e. The highest BCUT2D eigenvalue weighted by Crippen LogP contribution is 2.50. The molecule has 0 spiro atoms. The molecule has 18 heavy (non-hydrogen) atoms. The summed E-state index contributed by atoms with van der Waals surface area (Å²) < 4.78 is 5.66. The molecule has 2 aliphatic carbocycles. The molecule has 0 saturated heterocycles. The summed E-state index contributed by atoms with van der Waals surface area (Å²) in [4.78, 5) is 0. The number of fused-ring (bicyclic) bond motifs is 1. The number of ether oxygens (including phenoxy) is 1. The van der Waals surface area contributed by atoms with Crippen molar-refractivity contribution in [3.8, 4) is 5.75 Å². The van der Waals surface area contributed by atoms with Gasteiger partial charge in [0, 0.05) is 12.7 Å². The maximum absolute atomic E-state index is 10.6. The molecule has 2 atom stereocenters. The standard InChI is InChI=1S/C16H22O2/c1-10(11-4-5-11)13-7-6-12-8-9-16(2,18-3)14(12)15(13)17/h6-7,10-11,17H,4-5,8-9H2,1-3H3/t10-,16-/m1/s1. The normalized spacial score (nSPS) is 28.2. The molecule has 0 amide bonds. The first kappa shape index (κ1) is 12.0. The molecule has 0 aliphatic heterocycles. The summed E-state index contributed by atoms with van der Waals surface area (Å²) in [6, 6.07) is 4.31. The number of hydrogen-bond donors (Lipinski definition) is 1. The molecule has 3 rings (SSSR count). The molecular formula is C16H22O2. The van der Waals surface area contributed by atoms with Crippen molar-refractivity contribution in [3.63, 3.8) is 0 Å². The van der Waals surface area contributed by atoms with Crippen LogP contribution < -0.4 is 0 Å². The lowest BCUT2D eigenvalue weighted by atomic mass is 9.88. The van der Waals surface area contributed by atoms with Crippen LogP contribution in [0.5, 0.6) is 5.75 Å². The first-order valence-corrected chi connectivity index (χ1v) is 6.97. The molecule has 0 radical (unpaired) electrons. The van der Waals surface area contributed by atoms with Crippen molar-refractivity contribution in [2.75, 3.05) is 7.11 Å².